The lowest BCUT2D eigenvalue weighted by Gasteiger charge is -2.17. The van der Waals surface area contributed by atoms with Crippen molar-refractivity contribution >= 4 is 10.0 Å². The molecule has 5 heteroatoms. The van der Waals surface area contributed by atoms with Crippen molar-refractivity contribution in [2.75, 3.05) is 0 Å². The highest BCUT2D eigenvalue weighted by Crippen LogP contribution is 2.37. The van der Waals surface area contributed by atoms with Gasteiger partial charge in [0, 0.05) is 6.04 Å². The van der Waals surface area contributed by atoms with Gasteiger partial charge in [0.2, 0.25) is 10.0 Å². The second-order valence-electron chi connectivity index (χ2n) is 5.68. The van der Waals surface area contributed by atoms with Gasteiger partial charge in [0.1, 0.15) is 5.82 Å². The predicted octanol–water partition coefficient (Wildman–Crippen LogP) is 2.68. The van der Waals surface area contributed by atoms with Crippen LogP contribution < -0.4 is 4.72 Å². The average molecular weight is 271 g/mol. The van der Waals surface area contributed by atoms with Crippen LogP contribution in [-0.4, -0.2) is 14.5 Å². The van der Waals surface area contributed by atoms with Crippen LogP contribution in [0.5, 0.6) is 0 Å². The molecule has 1 N–H and O–H groups in total. The number of rotatable bonds is 3. The molecule has 0 spiro atoms. The van der Waals surface area contributed by atoms with Crippen LogP contribution in [0.2, 0.25) is 0 Å². The molecule has 3 nitrogen and oxygen atoms in total. The summed E-state index contributed by atoms with van der Waals surface area (Å²) in [6.07, 6.45) is 2.66. The molecule has 1 aliphatic carbocycles. The Bertz CT molecular complexity index is 540. The van der Waals surface area contributed by atoms with Gasteiger partial charge in [0.15, 0.2) is 0 Å². The Kier molecular flexibility index (Phi) is 3.47. The molecule has 18 heavy (non-hydrogen) atoms. The molecule has 0 radical (unpaired) electrons. The van der Waals surface area contributed by atoms with Crippen LogP contribution in [0.15, 0.2) is 29.2 Å². The Balaban J connectivity index is 2.14. The highest BCUT2D eigenvalue weighted by molar-refractivity contribution is 7.89. The first kappa shape index (κ1) is 13.5. The summed E-state index contributed by atoms with van der Waals surface area (Å²) in [6.45, 7) is 4.26. The third-order valence-electron chi connectivity index (χ3n) is 3.40. The second-order valence-corrected chi connectivity index (χ2v) is 7.40. The van der Waals surface area contributed by atoms with E-state index in [4.69, 9.17) is 0 Å². The predicted molar refractivity (Wildman–Crippen MR) is 68.1 cm³/mol. The highest BCUT2D eigenvalue weighted by atomic mass is 32.2. The first-order chi connectivity index (χ1) is 8.28. The number of benzene rings is 1. The van der Waals surface area contributed by atoms with Crippen molar-refractivity contribution in [1.82, 2.24) is 4.72 Å². The van der Waals surface area contributed by atoms with Gasteiger partial charge in [-0.1, -0.05) is 19.9 Å². The van der Waals surface area contributed by atoms with Gasteiger partial charge in [-0.15, -0.1) is 0 Å². The van der Waals surface area contributed by atoms with E-state index in [9.17, 15) is 12.8 Å². The second kappa shape index (κ2) is 4.63. The Morgan fingerprint density at radius 1 is 1.39 bits per heavy atom. The third kappa shape index (κ3) is 3.09. The molecule has 1 atom stereocenters. The zero-order valence-electron chi connectivity index (χ0n) is 10.6. The van der Waals surface area contributed by atoms with Gasteiger partial charge in [-0.25, -0.2) is 17.5 Å². The lowest BCUT2D eigenvalue weighted by atomic mass is 9.92. The van der Waals surface area contributed by atoms with Gasteiger partial charge in [-0.05, 0) is 42.9 Å². The number of sulfonamides is 1. The van der Waals surface area contributed by atoms with E-state index in [0.29, 0.717) is 0 Å². The van der Waals surface area contributed by atoms with E-state index in [2.05, 4.69) is 18.6 Å². The largest absolute Gasteiger partial charge is 0.240 e. The van der Waals surface area contributed by atoms with Crippen molar-refractivity contribution in [2.24, 2.45) is 5.41 Å². The highest BCUT2D eigenvalue weighted by Gasteiger charge is 2.33. The lowest BCUT2D eigenvalue weighted by Crippen LogP contribution is -2.33. The molecule has 1 aromatic carbocycles. The number of hydrogen-bond acceptors (Lipinski definition) is 2. The molecule has 1 aliphatic rings. The molecule has 0 saturated heterocycles. The van der Waals surface area contributed by atoms with Crippen LogP contribution in [0.4, 0.5) is 4.39 Å². The summed E-state index contributed by atoms with van der Waals surface area (Å²) in [5.41, 5.74) is 0.176. The normalized spacial score (nSPS) is 23.2. The van der Waals surface area contributed by atoms with Crippen LogP contribution >= 0.6 is 0 Å². The van der Waals surface area contributed by atoms with E-state index >= 15 is 0 Å². The molecule has 0 heterocycles. The fourth-order valence-corrected chi connectivity index (χ4v) is 3.76. The van der Waals surface area contributed by atoms with E-state index < -0.39 is 15.8 Å². The summed E-state index contributed by atoms with van der Waals surface area (Å²) in [4.78, 5) is -0.00722. The summed E-state index contributed by atoms with van der Waals surface area (Å²) < 4.78 is 39.8. The Labute approximate surface area is 107 Å². The topological polar surface area (TPSA) is 46.2 Å². The standard InChI is InChI=1S/C13H18FNO2S/c1-13(2)7-6-11(9-13)15-18(16,17)12-5-3-4-10(14)8-12/h3-5,8,11,15H,6-7,9H2,1-2H3. The zero-order chi connectivity index (χ0) is 13.4. The average Bonchev–Trinajstić information content (AvgIpc) is 2.57. The summed E-state index contributed by atoms with van der Waals surface area (Å²) in [7, 11) is -3.61. The summed E-state index contributed by atoms with van der Waals surface area (Å²) in [5, 5.41) is 0. The SMILES string of the molecule is CC1(C)CCC(NS(=O)(=O)c2cccc(F)c2)C1. The molecule has 0 aliphatic heterocycles. The van der Waals surface area contributed by atoms with Crippen LogP contribution in [0, 0.1) is 11.2 Å². The molecule has 0 aromatic heterocycles. The minimum absolute atomic E-state index is 0.00722. The molecule has 1 saturated carbocycles. The van der Waals surface area contributed by atoms with E-state index in [1.54, 1.807) is 0 Å². The van der Waals surface area contributed by atoms with Gasteiger partial charge in [-0.3, -0.25) is 0 Å². The molecule has 1 unspecified atom stereocenters. The maximum Gasteiger partial charge on any atom is 0.240 e. The van der Waals surface area contributed by atoms with Crippen LogP contribution in [0.3, 0.4) is 0 Å². The molecule has 2 rings (SSSR count). The van der Waals surface area contributed by atoms with Crippen LogP contribution in [0.25, 0.3) is 0 Å². The van der Waals surface area contributed by atoms with Crippen molar-refractivity contribution in [3.8, 4) is 0 Å². The van der Waals surface area contributed by atoms with E-state index in [0.717, 1.165) is 25.3 Å². The molecule has 1 aromatic rings. The van der Waals surface area contributed by atoms with Crippen molar-refractivity contribution in [3.63, 3.8) is 0 Å². The monoisotopic (exact) mass is 271 g/mol. The molecule has 1 fully saturated rings. The van der Waals surface area contributed by atoms with E-state index in [1.807, 2.05) is 0 Å². The first-order valence-corrected chi connectivity index (χ1v) is 7.55. The number of halogens is 1. The smallest absolute Gasteiger partial charge is 0.208 e. The van der Waals surface area contributed by atoms with Crippen molar-refractivity contribution in [3.05, 3.63) is 30.1 Å². The van der Waals surface area contributed by atoms with Crippen molar-refractivity contribution in [1.29, 1.82) is 0 Å². The van der Waals surface area contributed by atoms with Gasteiger partial charge in [-0.2, -0.15) is 0 Å². The molecule has 0 bridgehead atoms. The minimum atomic E-state index is -3.61. The maximum atomic E-state index is 13.0. The fourth-order valence-electron chi connectivity index (χ4n) is 2.46. The van der Waals surface area contributed by atoms with Crippen LogP contribution in [-0.2, 0) is 10.0 Å². The summed E-state index contributed by atoms with van der Waals surface area (Å²) in [5.74, 6) is -0.537. The first-order valence-electron chi connectivity index (χ1n) is 6.06. The number of nitrogens with one attached hydrogen (secondary N) is 1. The molecule has 100 valence electrons. The van der Waals surface area contributed by atoms with Gasteiger partial charge < -0.3 is 0 Å². The van der Waals surface area contributed by atoms with Gasteiger partial charge in [0.25, 0.3) is 0 Å². The van der Waals surface area contributed by atoms with Gasteiger partial charge >= 0.3 is 0 Å². The summed E-state index contributed by atoms with van der Waals surface area (Å²) in [6, 6.07) is 5.04. The number of hydrogen-bond donors (Lipinski definition) is 1. The lowest BCUT2D eigenvalue weighted by molar-refractivity contribution is 0.372. The molecular weight excluding hydrogens is 253 g/mol. The van der Waals surface area contributed by atoms with Crippen LogP contribution in [0.1, 0.15) is 33.1 Å². The van der Waals surface area contributed by atoms with Gasteiger partial charge in [0.05, 0.1) is 4.90 Å². The Hall–Kier alpha value is -0.940. The summed E-state index contributed by atoms with van der Waals surface area (Å²) >= 11 is 0. The fraction of sp³-hybridized carbons (Fsp3) is 0.538. The maximum absolute atomic E-state index is 13.0. The Morgan fingerprint density at radius 2 is 2.11 bits per heavy atom. The minimum Gasteiger partial charge on any atom is -0.208 e. The zero-order valence-corrected chi connectivity index (χ0v) is 11.4. The molecule has 0 amide bonds. The Morgan fingerprint density at radius 3 is 2.67 bits per heavy atom. The third-order valence-corrected chi connectivity index (χ3v) is 4.91. The van der Waals surface area contributed by atoms with Crippen molar-refractivity contribution in [2.45, 2.75) is 44.0 Å². The quantitative estimate of drug-likeness (QED) is 0.918. The van der Waals surface area contributed by atoms with Crippen molar-refractivity contribution < 1.29 is 12.8 Å². The van der Waals surface area contributed by atoms with E-state index in [1.165, 1.54) is 18.2 Å². The molecular formula is C13H18FNO2S. The van der Waals surface area contributed by atoms with E-state index in [-0.39, 0.29) is 16.4 Å².